The molecule has 1 aromatic carbocycles. The van der Waals surface area contributed by atoms with Crippen LogP contribution < -0.4 is 4.90 Å². The molecule has 0 aliphatic carbocycles. The second-order valence-corrected chi connectivity index (χ2v) is 5.56. The van der Waals surface area contributed by atoms with Gasteiger partial charge < -0.3 is 0 Å². The number of rotatable bonds is 1. The maximum atomic E-state index is 12.2. The largest absolute Gasteiger partial charge is 0.268 e. The zero-order valence-corrected chi connectivity index (χ0v) is 12.5. The Kier molecular flexibility index (Phi) is 2.94. The van der Waals surface area contributed by atoms with Gasteiger partial charge in [-0.2, -0.15) is 0 Å². The Morgan fingerprint density at radius 2 is 1.68 bits per heavy atom. The maximum Gasteiger partial charge on any atom is 0.267 e. The third-order valence-electron chi connectivity index (χ3n) is 2.68. The Hall–Kier alpha value is -1.60. The number of imide groups is 1. The third kappa shape index (κ3) is 1.98. The van der Waals surface area contributed by atoms with Gasteiger partial charge in [0.1, 0.15) is 4.60 Å². The normalized spacial score (nSPS) is 13.9. The van der Waals surface area contributed by atoms with E-state index in [1.165, 1.54) is 12.4 Å². The molecule has 1 aliphatic heterocycles. The summed E-state index contributed by atoms with van der Waals surface area (Å²) in [6.07, 6.45) is 2.82. The molecule has 0 saturated heterocycles. The number of hydrogen-bond acceptors (Lipinski definition) is 4. The van der Waals surface area contributed by atoms with Gasteiger partial charge in [0.15, 0.2) is 5.82 Å². The smallest absolute Gasteiger partial charge is 0.267 e. The van der Waals surface area contributed by atoms with E-state index in [0.717, 1.165) is 9.37 Å². The van der Waals surface area contributed by atoms with E-state index in [-0.39, 0.29) is 11.7 Å². The molecule has 3 rings (SSSR count). The average molecular weight is 383 g/mol. The topological polar surface area (TPSA) is 63.2 Å². The fourth-order valence-electron chi connectivity index (χ4n) is 1.84. The van der Waals surface area contributed by atoms with Crippen LogP contribution in [0.15, 0.2) is 39.7 Å². The number of hydrogen-bond donors (Lipinski definition) is 0. The molecule has 2 heterocycles. The Balaban J connectivity index is 2.10. The van der Waals surface area contributed by atoms with Gasteiger partial charge in [-0.15, -0.1) is 0 Å². The first-order valence-electron chi connectivity index (χ1n) is 5.24. The number of carbonyl (C=O) groups is 2. The van der Waals surface area contributed by atoms with Gasteiger partial charge in [0, 0.05) is 4.47 Å². The van der Waals surface area contributed by atoms with Crippen molar-refractivity contribution in [1.82, 2.24) is 9.97 Å². The number of amides is 2. The summed E-state index contributed by atoms with van der Waals surface area (Å²) in [5, 5.41) is 0. The van der Waals surface area contributed by atoms with E-state index in [0.29, 0.717) is 15.7 Å². The van der Waals surface area contributed by atoms with E-state index in [4.69, 9.17) is 0 Å². The number of halogens is 2. The summed E-state index contributed by atoms with van der Waals surface area (Å²) in [4.78, 5) is 33.5. The van der Waals surface area contributed by atoms with E-state index in [9.17, 15) is 9.59 Å². The number of fused-ring (bicyclic) bond motifs is 1. The Morgan fingerprint density at radius 1 is 0.947 bits per heavy atom. The fraction of sp³-hybridized carbons (Fsp3) is 0. The minimum absolute atomic E-state index is 0.213. The lowest BCUT2D eigenvalue weighted by Crippen LogP contribution is -2.30. The summed E-state index contributed by atoms with van der Waals surface area (Å²) >= 11 is 6.44. The van der Waals surface area contributed by atoms with Crippen LogP contribution in [0.3, 0.4) is 0 Å². The molecule has 0 spiro atoms. The Bertz CT molecular complexity index is 701. The second-order valence-electron chi connectivity index (χ2n) is 3.83. The van der Waals surface area contributed by atoms with Crippen molar-refractivity contribution in [1.29, 1.82) is 0 Å². The molecule has 0 fully saturated rings. The van der Waals surface area contributed by atoms with Gasteiger partial charge in [-0.1, -0.05) is 15.9 Å². The zero-order valence-electron chi connectivity index (χ0n) is 9.30. The van der Waals surface area contributed by atoms with Crippen LogP contribution in [0, 0.1) is 0 Å². The Morgan fingerprint density at radius 3 is 2.37 bits per heavy atom. The van der Waals surface area contributed by atoms with Crippen LogP contribution in [0.4, 0.5) is 5.82 Å². The van der Waals surface area contributed by atoms with Crippen molar-refractivity contribution < 1.29 is 9.59 Å². The van der Waals surface area contributed by atoms with Crippen molar-refractivity contribution in [2.24, 2.45) is 0 Å². The van der Waals surface area contributed by atoms with Crippen molar-refractivity contribution in [3.63, 3.8) is 0 Å². The molecule has 2 aromatic rings. The first kappa shape index (κ1) is 12.4. The molecule has 0 atom stereocenters. The SMILES string of the molecule is O=C1c2ccc(Br)cc2C(=O)N1c1cnc(Br)cn1. The third-order valence-corrected chi connectivity index (χ3v) is 3.59. The van der Waals surface area contributed by atoms with Crippen LogP contribution in [-0.2, 0) is 0 Å². The summed E-state index contributed by atoms with van der Waals surface area (Å²) in [5.41, 5.74) is 0.738. The van der Waals surface area contributed by atoms with Gasteiger partial charge in [-0.05, 0) is 34.1 Å². The highest BCUT2D eigenvalue weighted by molar-refractivity contribution is 9.10. The van der Waals surface area contributed by atoms with E-state index < -0.39 is 5.91 Å². The van der Waals surface area contributed by atoms with E-state index in [1.54, 1.807) is 18.2 Å². The zero-order chi connectivity index (χ0) is 13.6. The van der Waals surface area contributed by atoms with Gasteiger partial charge in [0.05, 0.1) is 23.5 Å². The molecule has 0 N–H and O–H groups in total. The summed E-state index contributed by atoms with van der Waals surface area (Å²) in [7, 11) is 0. The number of nitrogens with zero attached hydrogens (tertiary/aromatic N) is 3. The maximum absolute atomic E-state index is 12.2. The standard InChI is InChI=1S/C12H5Br2N3O2/c13-6-1-2-7-8(3-6)12(19)17(11(7)18)10-5-15-9(14)4-16-10/h1-5H. The van der Waals surface area contributed by atoms with E-state index >= 15 is 0 Å². The second kappa shape index (κ2) is 4.50. The van der Waals surface area contributed by atoms with E-state index in [2.05, 4.69) is 41.8 Å². The van der Waals surface area contributed by atoms with Crippen LogP contribution in [0.2, 0.25) is 0 Å². The van der Waals surface area contributed by atoms with Gasteiger partial charge in [0.25, 0.3) is 11.8 Å². The highest BCUT2D eigenvalue weighted by Gasteiger charge is 2.37. The molecule has 19 heavy (non-hydrogen) atoms. The van der Waals surface area contributed by atoms with Gasteiger partial charge in [-0.3, -0.25) is 9.59 Å². The molecule has 94 valence electrons. The van der Waals surface area contributed by atoms with E-state index in [1.807, 2.05) is 0 Å². The first-order chi connectivity index (χ1) is 9.08. The molecule has 7 heteroatoms. The van der Waals surface area contributed by atoms with Crippen molar-refractivity contribution >= 4 is 49.5 Å². The number of anilines is 1. The predicted molar refractivity (Wildman–Crippen MR) is 75.0 cm³/mol. The lowest BCUT2D eigenvalue weighted by molar-refractivity contribution is 0.0925. The highest BCUT2D eigenvalue weighted by atomic mass is 79.9. The van der Waals surface area contributed by atoms with Crippen LogP contribution in [-0.4, -0.2) is 21.8 Å². The lowest BCUT2D eigenvalue weighted by atomic mass is 10.1. The van der Waals surface area contributed by atoms with Crippen LogP contribution in [0.25, 0.3) is 0 Å². The molecule has 1 aliphatic rings. The number of benzene rings is 1. The Labute approximate surface area is 124 Å². The summed E-state index contributed by atoms with van der Waals surface area (Å²) in [6.45, 7) is 0. The fourth-order valence-corrected chi connectivity index (χ4v) is 2.41. The van der Waals surface area contributed by atoms with Crippen molar-refractivity contribution in [2.45, 2.75) is 0 Å². The predicted octanol–water partition coefficient (Wildman–Crippen LogP) is 2.80. The quantitative estimate of drug-likeness (QED) is 0.711. The molecule has 5 nitrogen and oxygen atoms in total. The molecule has 1 aromatic heterocycles. The minimum Gasteiger partial charge on any atom is -0.268 e. The van der Waals surface area contributed by atoms with Crippen molar-refractivity contribution in [2.75, 3.05) is 4.90 Å². The van der Waals surface area contributed by atoms with Gasteiger partial charge >= 0.3 is 0 Å². The molecule has 0 unspecified atom stereocenters. The molecule has 0 saturated carbocycles. The van der Waals surface area contributed by atoms with Gasteiger partial charge in [0.2, 0.25) is 0 Å². The molecular weight excluding hydrogens is 378 g/mol. The first-order valence-corrected chi connectivity index (χ1v) is 6.82. The lowest BCUT2D eigenvalue weighted by Gasteiger charge is -2.11. The van der Waals surface area contributed by atoms with Crippen LogP contribution in [0.1, 0.15) is 20.7 Å². The van der Waals surface area contributed by atoms with Crippen molar-refractivity contribution in [3.05, 3.63) is 50.8 Å². The minimum atomic E-state index is -0.391. The highest BCUT2D eigenvalue weighted by Crippen LogP contribution is 2.29. The van der Waals surface area contributed by atoms with Crippen molar-refractivity contribution in [3.8, 4) is 0 Å². The molecular formula is C12H5Br2N3O2. The molecule has 2 amide bonds. The summed E-state index contributed by atoms with van der Waals surface area (Å²) in [5.74, 6) is -0.562. The molecule has 0 radical (unpaired) electrons. The van der Waals surface area contributed by atoms with Crippen LogP contribution in [0.5, 0.6) is 0 Å². The monoisotopic (exact) mass is 381 g/mol. The van der Waals surface area contributed by atoms with Gasteiger partial charge in [-0.25, -0.2) is 14.9 Å². The number of carbonyl (C=O) groups excluding carboxylic acids is 2. The average Bonchev–Trinajstić information content (AvgIpc) is 2.63. The summed E-state index contributed by atoms with van der Waals surface area (Å²) in [6, 6.07) is 4.97. The summed E-state index contributed by atoms with van der Waals surface area (Å²) < 4.78 is 1.28. The molecule has 0 bridgehead atoms. The number of aromatic nitrogens is 2. The van der Waals surface area contributed by atoms with Crippen LogP contribution >= 0.6 is 31.9 Å².